The van der Waals surface area contributed by atoms with Gasteiger partial charge in [-0.15, -0.1) is 0 Å². The Kier molecular flexibility index (Phi) is 3.41. The van der Waals surface area contributed by atoms with Crippen molar-refractivity contribution in [2.24, 2.45) is 5.92 Å². The Balaban J connectivity index is 1.80. The molecule has 0 aliphatic heterocycles. The maximum Gasteiger partial charge on any atom is 0.0535 e. The Morgan fingerprint density at radius 3 is 2.87 bits per heavy atom. The molecule has 1 aromatic heterocycles. The van der Waals surface area contributed by atoms with E-state index in [0.717, 1.165) is 12.5 Å². The van der Waals surface area contributed by atoms with Crippen LogP contribution < -0.4 is 5.32 Å². The molecule has 0 bridgehead atoms. The summed E-state index contributed by atoms with van der Waals surface area (Å²) < 4.78 is 0. The van der Waals surface area contributed by atoms with Crippen LogP contribution in [0.4, 0.5) is 0 Å². The van der Waals surface area contributed by atoms with E-state index >= 15 is 0 Å². The molecular formula is C12H21N3. The van der Waals surface area contributed by atoms with E-state index < -0.39 is 0 Å². The van der Waals surface area contributed by atoms with Gasteiger partial charge >= 0.3 is 0 Å². The van der Waals surface area contributed by atoms with Crippen LogP contribution in [0.2, 0.25) is 0 Å². The SMILES string of the molecule is Cc1[nH]ncc1CNC(C)C1CCCC1. The second-order valence-corrected chi connectivity index (χ2v) is 4.73. The van der Waals surface area contributed by atoms with E-state index in [9.17, 15) is 0 Å². The molecule has 1 aliphatic carbocycles. The smallest absolute Gasteiger partial charge is 0.0535 e. The average Bonchev–Trinajstić information content (AvgIpc) is 2.85. The van der Waals surface area contributed by atoms with Gasteiger partial charge in [-0.2, -0.15) is 5.10 Å². The fourth-order valence-corrected chi connectivity index (χ4v) is 2.45. The van der Waals surface area contributed by atoms with Gasteiger partial charge < -0.3 is 5.32 Å². The second-order valence-electron chi connectivity index (χ2n) is 4.73. The largest absolute Gasteiger partial charge is 0.310 e. The van der Waals surface area contributed by atoms with Crippen molar-refractivity contribution in [1.29, 1.82) is 0 Å². The Hall–Kier alpha value is -0.830. The van der Waals surface area contributed by atoms with Gasteiger partial charge in [0.05, 0.1) is 6.20 Å². The van der Waals surface area contributed by atoms with Gasteiger partial charge in [0.25, 0.3) is 0 Å². The Labute approximate surface area is 91.7 Å². The van der Waals surface area contributed by atoms with E-state index in [0.29, 0.717) is 6.04 Å². The normalized spacial score (nSPS) is 19.6. The molecule has 15 heavy (non-hydrogen) atoms. The number of aromatic amines is 1. The molecule has 0 radical (unpaired) electrons. The van der Waals surface area contributed by atoms with Gasteiger partial charge in [-0.25, -0.2) is 0 Å². The molecule has 0 spiro atoms. The van der Waals surface area contributed by atoms with Gasteiger partial charge in [-0.05, 0) is 32.6 Å². The maximum atomic E-state index is 4.03. The molecule has 0 aromatic carbocycles. The van der Waals surface area contributed by atoms with E-state index in [1.54, 1.807) is 0 Å². The second kappa shape index (κ2) is 4.79. The lowest BCUT2D eigenvalue weighted by atomic mass is 10.00. The summed E-state index contributed by atoms with van der Waals surface area (Å²) in [5, 5.41) is 10.6. The molecule has 3 heteroatoms. The summed E-state index contributed by atoms with van der Waals surface area (Å²) in [5.41, 5.74) is 2.47. The fraction of sp³-hybridized carbons (Fsp3) is 0.750. The molecule has 1 saturated carbocycles. The highest BCUT2D eigenvalue weighted by Crippen LogP contribution is 2.27. The average molecular weight is 207 g/mol. The van der Waals surface area contributed by atoms with Crippen molar-refractivity contribution in [3.05, 3.63) is 17.5 Å². The van der Waals surface area contributed by atoms with Crippen molar-refractivity contribution in [1.82, 2.24) is 15.5 Å². The quantitative estimate of drug-likeness (QED) is 0.796. The summed E-state index contributed by atoms with van der Waals surface area (Å²) in [5.74, 6) is 0.886. The van der Waals surface area contributed by atoms with Crippen LogP contribution in [0.3, 0.4) is 0 Å². The molecule has 2 rings (SSSR count). The number of aryl methyl sites for hydroxylation is 1. The van der Waals surface area contributed by atoms with Crippen LogP contribution in [0.15, 0.2) is 6.20 Å². The van der Waals surface area contributed by atoms with Crippen molar-refractivity contribution in [2.75, 3.05) is 0 Å². The summed E-state index contributed by atoms with van der Waals surface area (Å²) in [6.07, 6.45) is 7.56. The van der Waals surface area contributed by atoms with Crippen LogP contribution in [0.1, 0.15) is 43.9 Å². The van der Waals surface area contributed by atoms with E-state index in [1.807, 2.05) is 6.20 Å². The van der Waals surface area contributed by atoms with Crippen molar-refractivity contribution in [2.45, 2.75) is 52.1 Å². The van der Waals surface area contributed by atoms with E-state index in [4.69, 9.17) is 0 Å². The Bertz CT molecular complexity index is 300. The lowest BCUT2D eigenvalue weighted by Crippen LogP contribution is -2.31. The number of hydrogen-bond donors (Lipinski definition) is 2. The number of nitrogens with zero attached hydrogens (tertiary/aromatic N) is 1. The zero-order valence-corrected chi connectivity index (χ0v) is 9.71. The summed E-state index contributed by atoms with van der Waals surface area (Å²) in [4.78, 5) is 0. The minimum absolute atomic E-state index is 0.641. The van der Waals surface area contributed by atoms with E-state index in [1.165, 1.54) is 36.9 Å². The lowest BCUT2D eigenvalue weighted by molar-refractivity contribution is 0.380. The number of rotatable bonds is 4. The van der Waals surface area contributed by atoms with Gasteiger partial charge in [-0.3, -0.25) is 5.10 Å². The molecule has 1 aromatic rings. The number of hydrogen-bond acceptors (Lipinski definition) is 2. The zero-order chi connectivity index (χ0) is 10.7. The summed E-state index contributed by atoms with van der Waals surface area (Å²) in [7, 11) is 0. The standard InChI is InChI=1S/C12H21N3/c1-9(11-5-3-4-6-11)13-7-12-8-14-15-10(12)2/h8-9,11,13H,3-7H2,1-2H3,(H,14,15). The highest BCUT2D eigenvalue weighted by molar-refractivity contribution is 5.13. The zero-order valence-electron chi connectivity index (χ0n) is 9.71. The predicted molar refractivity (Wildman–Crippen MR) is 61.6 cm³/mol. The fourth-order valence-electron chi connectivity index (χ4n) is 2.45. The first-order valence-electron chi connectivity index (χ1n) is 5.99. The number of nitrogens with one attached hydrogen (secondary N) is 2. The molecule has 3 nitrogen and oxygen atoms in total. The van der Waals surface area contributed by atoms with Crippen LogP contribution in [0.25, 0.3) is 0 Å². The van der Waals surface area contributed by atoms with Gasteiger partial charge in [0.15, 0.2) is 0 Å². The molecule has 0 saturated heterocycles. The molecule has 84 valence electrons. The molecule has 1 heterocycles. The first-order chi connectivity index (χ1) is 7.27. The third-order valence-electron chi connectivity index (χ3n) is 3.66. The minimum Gasteiger partial charge on any atom is -0.310 e. The lowest BCUT2D eigenvalue weighted by Gasteiger charge is -2.20. The highest BCUT2D eigenvalue weighted by atomic mass is 15.1. The van der Waals surface area contributed by atoms with Crippen LogP contribution in [0.5, 0.6) is 0 Å². The molecule has 0 amide bonds. The molecule has 1 unspecified atom stereocenters. The summed E-state index contributed by atoms with van der Waals surface area (Å²) >= 11 is 0. The van der Waals surface area contributed by atoms with Gasteiger partial charge in [0, 0.05) is 23.8 Å². The third-order valence-corrected chi connectivity index (χ3v) is 3.66. The first kappa shape index (κ1) is 10.7. The molecular weight excluding hydrogens is 186 g/mol. The van der Waals surface area contributed by atoms with Gasteiger partial charge in [0.1, 0.15) is 0 Å². The van der Waals surface area contributed by atoms with Crippen molar-refractivity contribution < 1.29 is 0 Å². The van der Waals surface area contributed by atoms with Gasteiger partial charge in [0.2, 0.25) is 0 Å². The monoisotopic (exact) mass is 207 g/mol. The molecule has 1 fully saturated rings. The van der Waals surface area contributed by atoms with Crippen LogP contribution >= 0.6 is 0 Å². The van der Waals surface area contributed by atoms with E-state index in [-0.39, 0.29) is 0 Å². The summed E-state index contributed by atoms with van der Waals surface area (Å²) in [6, 6.07) is 0.641. The topological polar surface area (TPSA) is 40.7 Å². The highest BCUT2D eigenvalue weighted by Gasteiger charge is 2.20. The molecule has 2 N–H and O–H groups in total. The van der Waals surface area contributed by atoms with Crippen LogP contribution in [-0.4, -0.2) is 16.2 Å². The molecule has 1 aliphatic rings. The van der Waals surface area contributed by atoms with Crippen LogP contribution in [-0.2, 0) is 6.54 Å². The Morgan fingerprint density at radius 1 is 1.53 bits per heavy atom. The van der Waals surface area contributed by atoms with Gasteiger partial charge in [-0.1, -0.05) is 12.8 Å². The number of aromatic nitrogens is 2. The first-order valence-corrected chi connectivity index (χ1v) is 5.99. The predicted octanol–water partition coefficient (Wildman–Crippen LogP) is 2.39. The minimum atomic E-state index is 0.641. The third kappa shape index (κ3) is 2.59. The van der Waals surface area contributed by atoms with E-state index in [2.05, 4.69) is 29.4 Å². The van der Waals surface area contributed by atoms with Crippen molar-refractivity contribution in [3.63, 3.8) is 0 Å². The number of H-pyrrole nitrogens is 1. The molecule has 1 atom stereocenters. The maximum absolute atomic E-state index is 4.03. The van der Waals surface area contributed by atoms with Crippen LogP contribution in [0, 0.1) is 12.8 Å². The Morgan fingerprint density at radius 2 is 2.27 bits per heavy atom. The van der Waals surface area contributed by atoms with Crippen molar-refractivity contribution >= 4 is 0 Å². The summed E-state index contributed by atoms with van der Waals surface area (Å²) in [6.45, 7) is 5.33. The van der Waals surface area contributed by atoms with Crippen molar-refractivity contribution in [3.8, 4) is 0 Å².